The summed E-state index contributed by atoms with van der Waals surface area (Å²) >= 11 is 0. The Balaban J connectivity index is 1.94. The Morgan fingerprint density at radius 2 is 2.30 bits per heavy atom. The van der Waals surface area contributed by atoms with Crippen molar-refractivity contribution in [3.8, 4) is 0 Å². The minimum atomic E-state index is 0.354. The van der Waals surface area contributed by atoms with Crippen LogP contribution in [-0.2, 0) is 4.74 Å². The van der Waals surface area contributed by atoms with E-state index >= 15 is 0 Å². The largest absolute Gasteiger partial charge is 0.378 e. The van der Waals surface area contributed by atoms with Crippen molar-refractivity contribution in [2.24, 2.45) is 5.92 Å². The maximum atomic E-state index is 5.85. The van der Waals surface area contributed by atoms with Crippen molar-refractivity contribution >= 4 is 10.9 Å². The van der Waals surface area contributed by atoms with Crippen LogP contribution in [0.1, 0.15) is 31.4 Å². The molecule has 0 saturated carbocycles. The van der Waals surface area contributed by atoms with Crippen molar-refractivity contribution in [2.45, 2.75) is 31.9 Å². The Bertz CT molecular complexity index is 584. The maximum absolute atomic E-state index is 5.85. The standard InChI is InChI=1S/C17H22N2O/c1-3-16-14(8-10-20-16)17(18-2)13-6-7-15-12(11-13)5-4-9-19-15/h4-7,9,11,14,16-18H,3,8,10H2,1-2H3. The van der Waals surface area contributed by atoms with Crippen molar-refractivity contribution in [2.75, 3.05) is 13.7 Å². The van der Waals surface area contributed by atoms with E-state index in [0.717, 1.165) is 25.0 Å². The van der Waals surface area contributed by atoms with E-state index in [-0.39, 0.29) is 0 Å². The summed E-state index contributed by atoms with van der Waals surface area (Å²) in [5, 5.41) is 4.69. The summed E-state index contributed by atoms with van der Waals surface area (Å²) in [6.07, 6.45) is 4.43. The molecule has 106 valence electrons. The fourth-order valence-electron chi connectivity index (χ4n) is 3.38. The summed E-state index contributed by atoms with van der Waals surface area (Å²) in [6.45, 7) is 3.09. The van der Waals surface area contributed by atoms with Crippen LogP contribution in [0, 0.1) is 5.92 Å². The first-order valence-electron chi connectivity index (χ1n) is 7.47. The van der Waals surface area contributed by atoms with E-state index in [9.17, 15) is 0 Å². The number of benzene rings is 1. The summed E-state index contributed by atoms with van der Waals surface area (Å²) < 4.78 is 5.85. The zero-order valence-corrected chi connectivity index (χ0v) is 12.2. The number of pyridine rings is 1. The molecule has 20 heavy (non-hydrogen) atoms. The molecule has 3 rings (SSSR count). The van der Waals surface area contributed by atoms with Gasteiger partial charge in [-0.15, -0.1) is 0 Å². The molecular formula is C17H22N2O. The van der Waals surface area contributed by atoms with Gasteiger partial charge in [0.05, 0.1) is 11.6 Å². The zero-order chi connectivity index (χ0) is 13.9. The van der Waals surface area contributed by atoms with Gasteiger partial charge in [-0.25, -0.2) is 0 Å². The minimum absolute atomic E-state index is 0.354. The number of rotatable bonds is 4. The molecule has 2 heterocycles. The Morgan fingerprint density at radius 3 is 3.10 bits per heavy atom. The zero-order valence-electron chi connectivity index (χ0n) is 12.2. The summed E-state index contributed by atoms with van der Waals surface area (Å²) in [6, 6.07) is 11.0. The molecule has 3 unspecified atom stereocenters. The second-order valence-corrected chi connectivity index (χ2v) is 5.49. The van der Waals surface area contributed by atoms with Gasteiger partial charge in [0, 0.05) is 30.1 Å². The average Bonchev–Trinajstić information content (AvgIpc) is 2.96. The Hall–Kier alpha value is -1.45. The number of hydrogen-bond acceptors (Lipinski definition) is 3. The van der Waals surface area contributed by atoms with Gasteiger partial charge in [-0.1, -0.05) is 19.1 Å². The second kappa shape index (κ2) is 5.90. The van der Waals surface area contributed by atoms with Crippen molar-refractivity contribution < 1.29 is 4.74 Å². The van der Waals surface area contributed by atoms with Crippen LogP contribution in [0.2, 0.25) is 0 Å². The van der Waals surface area contributed by atoms with Crippen LogP contribution in [0.4, 0.5) is 0 Å². The molecule has 0 bridgehead atoms. The monoisotopic (exact) mass is 270 g/mol. The minimum Gasteiger partial charge on any atom is -0.378 e. The Morgan fingerprint density at radius 1 is 1.40 bits per heavy atom. The summed E-state index contributed by atoms with van der Waals surface area (Å²) in [4.78, 5) is 4.39. The molecule has 0 radical (unpaired) electrons. The van der Waals surface area contributed by atoms with Crippen LogP contribution < -0.4 is 5.32 Å². The molecule has 3 nitrogen and oxygen atoms in total. The highest BCUT2D eigenvalue weighted by atomic mass is 16.5. The molecule has 1 fully saturated rings. The molecule has 0 amide bonds. The predicted octanol–water partition coefficient (Wildman–Crippen LogP) is 3.31. The number of nitrogens with one attached hydrogen (secondary N) is 1. The fourth-order valence-corrected chi connectivity index (χ4v) is 3.38. The van der Waals surface area contributed by atoms with Crippen molar-refractivity contribution in [1.29, 1.82) is 0 Å². The van der Waals surface area contributed by atoms with Crippen LogP contribution in [0.5, 0.6) is 0 Å². The fraction of sp³-hybridized carbons (Fsp3) is 0.471. The number of hydrogen-bond donors (Lipinski definition) is 1. The summed E-state index contributed by atoms with van der Waals surface area (Å²) in [5.74, 6) is 0.555. The molecule has 1 aromatic heterocycles. The average molecular weight is 270 g/mol. The molecule has 1 saturated heterocycles. The SMILES string of the molecule is CCC1OCCC1C(NC)c1ccc2ncccc2c1. The van der Waals surface area contributed by atoms with Gasteiger partial charge in [-0.3, -0.25) is 4.98 Å². The maximum Gasteiger partial charge on any atom is 0.0702 e. The third-order valence-electron chi connectivity index (χ3n) is 4.39. The van der Waals surface area contributed by atoms with Gasteiger partial charge < -0.3 is 10.1 Å². The van der Waals surface area contributed by atoms with Crippen molar-refractivity contribution in [3.05, 3.63) is 42.1 Å². The van der Waals surface area contributed by atoms with Gasteiger partial charge in [0.25, 0.3) is 0 Å². The predicted molar refractivity (Wildman–Crippen MR) is 81.7 cm³/mol. The lowest BCUT2D eigenvalue weighted by Crippen LogP contribution is -2.30. The molecule has 2 aromatic rings. The second-order valence-electron chi connectivity index (χ2n) is 5.49. The first kappa shape index (κ1) is 13.5. The van der Waals surface area contributed by atoms with Gasteiger partial charge in [0.1, 0.15) is 0 Å². The Kier molecular flexibility index (Phi) is 3.99. The lowest BCUT2D eigenvalue weighted by molar-refractivity contribution is 0.0782. The van der Waals surface area contributed by atoms with E-state index in [1.54, 1.807) is 0 Å². The Labute approximate surface area is 120 Å². The van der Waals surface area contributed by atoms with E-state index in [4.69, 9.17) is 4.74 Å². The number of aromatic nitrogens is 1. The molecule has 1 N–H and O–H groups in total. The normalized spacial score (nSPS) is 24.1. The molecule has 0 aliphatic carbocycles. The summed E-state index contributed by atoms with van der Waals surface area (Å²) in [5.41, 5.74) is 2.39. The van der Waals surface area contributed by atoms with Crippen molar-refractivity contribution in [3.63, 3.8) is 0 Å². The smallest absolute Gasteiger partial charge is 0.0702 e. The highest BCUT2D eigenvalue weighted by Gasteiger charge is 2.33. The first-order valence-corrected chi connectivity index (χ1v) is 7.47. The van der Waals surface area contributed by atoms with Gasteiger partial charge in [-0.2, -0.15) is 0 Å². The third kappa shape index (κ3) is 2.43. The van der Waals surface area contributed by atoms with Crippen LogP contribution in [0.15, 0.2) is 36.5 Å². The van der Waals surface area contributed by atoms with E-state index in [1.165, 1.54) is 10.9 Å². The molecule has 3 atom stereocenters. The lowest BCUT2D eigenvalue weighted by atomic mass is 9.86. The van der Waals surface area contributed by atoms with E-state index < -0.39 is 0 Å². The highest BCUT2D eigenvalue weighted by molar-refractivity contribution is 5.79. The summed E-state index contributed by atoms with van der Waals surface area (Å²) in [7, 11) is 2.04. The lowest BCUT2D eigenvalue weighted by Gasteiger charge is -2.27. The molecule has 1 aromatic carbocycles. The van der Waals surface area contributed by atoms with Crippen LogP contribution >= 0.6 is 0 Å². The van der Waals surface area contributed by atoms with E-state index in [2.05, 4.69) is 41.5 Å². The number of ether oxygens (including phenoxy) is 1. The van der Waals surface area contributed by atoms with Crippen LogP contribution in [0.3, 0.4) is 0 Å². The van der Waals surface area contributed by atoms with Crippen LogP contribution in [-0.4, -0.2) is 24.7 Å². The quantitative estimate of drug-likeness (QED) is 0.925. The number of nitrogens with zero attached hydrogens (tertiary/aromatic N) is 1. The van der Waals surface area contributed by atoms with Crippen LogP contribution in [0.25, 0.3) is 10.9 Å². The molecule has 1 aliphatic heterocycles. The van der Waals surface area contributed by atoms with Gasteiger partial charge in [-0.05, 0) is 43.7 Å². The molecule has 1 aliphatic rings. The van der Waals surface area contributed by atoms with Gasteiger partial charge in [0.15, 0.2) is 0 Å². The van der Waals surface area contributed by atoms with Gasteiger partial charge in [0.2, 0.25) is 0 Å². The van der Waals surface area contributed by atoms with Gasteiger partial charge >= 0.3 is 0 Å². The van der Waals surface area contributed by atoms with Crippen molar-refractivity contribution in [1.82, 2.24) is 10.3 Å². The third-order valence-corrected chi connectivity index (χ3v) is 4.39. The molecule has 3 heteroatoms. The first-order chi connectivity index (χ1) is 9.83. The molecule has 0 spiro atoms. The molecular weight excluding hydrogens is 248 g/mol. The highest BCUT2D eigenvalue weighted by Crippen LogP contribution is 2.35. The van der Waals surface area contributed by atoms with E-state index in [1.807, 2.05) is 19.3 Å². The topological polar surface area (TPSA) is 34.1 Å². The number of fused-ring (bicyclic) bond motifs is 1. The van der Waals surface area contributed by atoms with E-state index in [0.29, 0.717) is 18.1 Å².